The number of aliphatic hydroxyl groups is 1. The Labute approximate surface area is 74.8 Å². The van der Waals surface area contributed by atoms with E-state index in [1.165, 1.54) is 0 Å². The van der Waals surface area contributed by atoms with Crippen LogP contribution in [-0.4, -0.2) is 28.6 Å². The number of carbonyl (C=O) groups is 1. The normalized spacial score (nSPS) is 12.5. The number of aromatic amines is 1. The van der Waals surface area contributed by atoms with E-state index in [-0.39, 0.29) is 12.2 Å². The largest absolute Gasteiger partial charge is 0.392 e. The lowest BCUT2D eigenvalue weighted by molar-refractivity contribution is 0.0919. The Morgan fingerprint density at radius 1 is 1.85 bits per heavy atom. The molecule has 1 aromatic rings. The van der Waals surface area contributed by atoms with Crippen LogP contribution >= 0.6 is 0 Å². The summed E-state index contributed by atoms with van der Waals surface area (Å²) in [5, 5.41) is 11.3. The molecule has 1 rings (SSSR count). The molecular weight excluding hydrogens is 175 g/mol. The lowest BCUT2D eigenvalue weighted by Crippen LogP contribution is -2.30. The predicted octanol–water partition coefficient (Wildman–Crippen LogP) is 0.264. The number of nitrogens with one attached hydrogen (secondary N) is 2. The molecule has 13 heavy (non-hydrogen) atoms. The average Bonchev–Trinajstić information content (AvgIpc) is 2.47. The Morgan fingerprint density at radius 2 is 2.54 bits per heavy atom. The highest BCUT2D eigenvalue weighted by atomic mass is 19.1. The minimum absolute atomic E-state index is 0.151. The topological polar surface area (TPSA) is 65.1 Å². The molecule has 0 aliphatic heterocycles. The first-order valence-corrected chi connectivity index (χ1v) is 3.90. The summed E-state index contributed by atoms with van der Waals surface area (Å²) in [6.07, 6.45) is 0.487. The number of rotatable bonds is 3. The van der Waals surface area contributed by atoms with Crippen molar-refractivity contribution < 1.29 is 14.3 Å². The molecule has 1 amide bonds. The van der Waals surface area contributed by atoms with Gasteiger partial charge < -0.3 is 15.4 Å². The molecule has 0 aliphatic carbocycles. The molecule has 0 saturated heterocycles. The van der Waals surface area contributed by atoms with Gasteiger partial charge in [-0.25, -0.2) is 4.39 Å². The molecule has 5 heteroatoms. The van der Waals surface area contributed by atoms with Gasteiger partial charge >= 0.3 is 0 Å². The van der Waals surface area contributed by atoms with Crippen molar-refractivity contribution in [2.45, 2.75) is 13.0 Å². The van der Waals surface area contributed by atoms with Gasteiger partial charge in [-0.2, -0.15) is 0 Å². The van der Waals surface area contributed by atoms with Crippen LogP contribution in [0, 0.1) is 5.82 Å². The van der Waals surface area contributed by atoms with Gasteiger partial charge in [0.1, 0.15) is 11.5 Å². The second kappa shape index (κ2) is 4.04. The number of hydrogen-bond acceptors (Lipinski definition) is 2. The van der Waals surface area contributed by atoms with Gasteiger partial charge in [0.2, 0.25) is 0 Å². The van der Waals surface area contributed by atoms with E-state index < -0.39 is 17.8 Å². The lowest BCUT2D eigenvalue weighted by Gasteiger charge is -2.04. The summed E-state index contributed by atoms with van der Waals surface area (Å²) in [4.78, 5) is 13.6. The summed E-state index contributed by atoms with van der Waals surface area (Å²) < 4.78 is 12.4. The maximum absolute atomic E-state index is 12.4. The van der Waals surface area contributed by atoms with Crippen LogP contribution in [0.15, 0.2) is 12.3 Å². The highest BCUT2D eigenvalue weighted by molar-refractivity contribution is 5.92. The van der Waals surface area contributed by atoms with E-state index >= 15 is 0 Å². The molecule has 0 fully saturated rings. The highest BCUT2D eigenvalue weighted by Gasteiger charge is 2.08. The van der Waals surface area contributed by atoms with Crippen molar-refractivity contribution in [3.63, 3.8) is 0 Å². The van der Waals surface area contributed by atoms with Gasteiger partial charge in [0.25, 0.3) is 5.91 Å². The van der Waals surface area contributed by atoms with Crippen LogP contribution in [0.3, 0.4) is 0 Å². The van der Waals surface area contributed by atoms with E-state index in [4.69, 9.17) is 5.11 Å². The number of halogens is 1. The van der Waals surface area contributed by atoms with E-state index in [0.717, 1.165) is 12.3 Å². The second-order valence-electron chi connectivity index (χ2n) is 2.79. The molecule has 4 nitrogen and oxygen atoms in total. The van der Waals surface area contributed by atoms with E-state index in [9.17, 15) is 9.18 Å². The van der Waals surface area contributed by atoms with Gasteiger partial charge in [-0.05, 0) is 6.92 Å². The summed E-state index contributed by atoms with van der Waals surface area (Å²) in [5.74, 6) is -0.910. The van der Waals surface area contributed by atoms with Crippen LogP contribution in [0.4, 0.5) is 4.39 Å². The van der Waals surface area contributed by atoms with Crippen molar-refractivity contribution in [1.29, 1.82) is 0 Å². The Balaban J connectivity index is 2.49. The maximum atomic E-state index is 12.4. The van der Waals surface area contributed by atoms with Crippen molar-refractivity contribution in [2.75, 3.05) is 6.54 Å². The number of aliphatic hydroxyl groups excluding tert-OH is 1. The summed E-state index contributed by atoms with van der Waals surface area (Å²) in [6, 6.07) is 1.09. The third-order valence-electron chi connectivity index (χ3n) is 1.45. The Bertz CT molecular complexity index is 296. The Hall–Kier alpha value is -1.36. The van der Waals surface area contributed by atoms with Crippen molar-refractivity contribution in [2.24, 2.45) is 0 Å². The third-order valence-corrected chi connectivity index (χ3v) is 1.45. The van der Waals surface area contributed by atoms with Gasteiger partial charge in [-0.15, -0.1) is 0 Å². The fourth-order valence-corrected chi connectivity index (χ4v) is 0.835. The summed E-state index contributed by atoms with van der Waals surface area (Å²) in [6.45, 7) is 1.70. The van der Waals surface area contributed by atoms with Gasteiger partial charge in [-0.3, -0.25) is 4.79 Å². The third kappa shape index (κ3) is 2.87. The zero-order chi connectivity index (χ0) is 9.84. The van der Waals surface area contributed by atoms with Gasteiger partial charge in [0.15, 0.2) is 0 Å². The first kappa shape index (κ1) is 9.73. The molecular formula is C8H11FN2O2. The molecule has 0 saturated carbocycles. The Kier molecular flexibility index (Phi) is 3.02. The molecule has 3 N–H and O–H groups in total. The van der Waals surface area contributed by atoms with E-state index in [1.54, 1.807) is 6.92 Å². The number of H-pyrrole nitrogens is 1. The smallest absolute Gasteiger partial charge is 0.267 e. The van der Waals surface area contributed by atoms with Crippen LogP contribution in [-0.2, 0) is 0 Å². The van der Waals surface area contributed by atoms with Crippen molar-refractivity contribution in [1.82, 2.24) is 10.3 Å². The van der Waals surface area contributed by atoms with Crippen LogP contribution < -0.4 is 5.32 Å². The second-order valence-corrected chi connectivity index (χ2v) is 2.79. The number of amides is 1. The monoisotopic (exact) mass is 186 g/mol. The van der Waals surface area contributed by atoms with Crippen LogP contribution in [0.5, 0.6) is 0 Å². The molecule has 1 heterocycles. The van der Waals surface area contributed by atoms with Gasteiger partial charge in [0, 0.05) is 18.8 Å². The predicted molar refractivity (Wildman–Crippen MR) is 44.8 cm³/mol. The number of aromatic nitrogens is 1. The molecule has 1 aromatic heterocycles. The number of hydrogen-bond donors (Lipinski definition) is 3. The van der Waals surface area contributed by atoms with Crippen molar-refractivity contribution in [3.05, 3.63) is 23.8 Å². The van der Waals surface area contributed by atoms with E-state index in [2.05, 4.69) is 10.3 Å². The minimum Gasteiger partial charge on any atom is -0.392 e. The summed E-state index contributed by atoms with van der Waals surface area (Å²) in [7, 11) is 0. The summed E-state index contributed by atoms with van der Waals surface area (Å²) >= 11 is 0. The van der Waals surface area contributed by atoms with Crippen LogP contribution in [0.1, 0.15) is 17.4 Å². The zero-order valence-corrected chi connectivity index (χ0v) is 7.17. The molecule has 0 aromatic carbocycles. The van der Waals surface area contributed by atoms with Crippen molar-refractivity contribution >= 4 is 5.91 Å². The molecule has 0 bridgehead atoms. The standard InChI is InChI=1S/C8H11FN2O2/c1-5(12)3-11-8(13)7-2-6(9)4-10-7/h2,4-5,10,12H,3H2,1H3,(H,11,13). The SMILES string of the molecule is CC(O)CNC(=O)c1cc(F)c[nH]1. The molecule has 0 aliphatic rings. The van der Waals surface area contributed by atoms with Crippen molar-refractivity contribution in [3.8, 4) is 0 Å². The first-order chi connectivity index (χ1) is 6.09. The first-order valence-electron chi connectivity index (χ1n) is 3.90. The Morgan fingerprint density at radius 3 is 3.00 bits per heavy atom. The lowest BCUT2D eigenvalue weighted by atomic mass is 10.3. The van der Waals surface area contributed by atoms with Crippen LogP contribution in [0.2, 0.25) is 0 Å². The number of carbonyl (C=O) groups excluding carboxylic acids is 1. The zero-order valence-electron chi connectivity index (χ0n) is 7.17. The average molecular weight is 186 g/mol. The maximum Gasteiger partial charge on any atom is 0.267 e. The van der Waals surface area contributed by atoms with E-state index in [0.29, 0.717) is 0 Å². The summed E-state index contributed by atoms with van der Waals surface area (Å²) in [5.41, 5.74) is 0.151. The molecule has 72 valence electrons. The molecule has 0 spiro atoms. The fraction of sp³-hybridized carbons (Fsp3) is 0.375. The van der Waals surface area contributed by atoms with Crippen LogP contribution in [0.25, 0.3) is 0 Å². The van der Waals surface area contributed by atoms with E-state index in [1.807, 2.05) is 0 Å². The molecule has 0 radical (unpaired) electrons. The van der Waals surface area contributed by atoms with Gasteiger partial charge in [0.05, 0.1) is 6.10 Å². The van der Waals surface area contributed by atoms with Gasteiger partial charge in [-0.1, -0.05) is 0 Å². The fourth-order valence-electron chi connectivity index (χ4n) is 0.835. The minimum atomic E-state index is -0.608. The quantitative estimate of drug-likeness (QED) is 0.634. The molecule has 1 unspecified atom stereocenters. The highest BCUT2D eigenvalue weighted by Crippen LogP contribution is 2.00. The molecule has 1 atom stereocenters.